The summed E-state index contributed by atoms with van der Waals surface area (Å²) >= 11 is 0. The second-order valence-corrected chi connectivity index (χ2v) is 7.34. The van der Waals surface area contributed by atoms with Gasteiger partial charge in [-0.05, 0) is 30.3 Å². The highest BCUT2D eigenvalue weighted by Crippen LogP contribution is 2.32. The SMILES string of the molecule is O=C(c1cc2cccnc2[nH]1)N1CCC(F)(F)C(Oc2ccc3ccccc3n2)C1. The lowest BCUT2D eigenvalue weighted by atomic mass is 10.0. The lowest BCUT2D eigenvalue weighted by molar-refractivity contribution is -0.131. The van der Waals surface area contributed by atoms with Crippen LogP contribution in [0.2, 0.25) is 0 Å². The third-order valence-electron chi connectivity index (χ3n) is 5.32. The van der Waals surface area contributed by atoms with E-state index in [1.54, 1.807) is 36.5 Å². The molecule has 4 aromatic rings. The second-order valence-electron chi connectivity index (χ2n) is 7.34. The molecular formula is C22H18F2N4O2. The van der Waals surface area contributed by atoms with Gasteiger partial charge in [0.15, 0.2) is 6.10 Å². The first-order chi connectivity index (χ1) is 14.5. The first kappa shape index (κ1) is 18.5. The number of nitrogens with one attached hydrogen (secondary N) is 1. The van der Waals surface area contributed by atoms with E-state index in [1.807, 2.05) is 24.3 Å². The largest absolute Gasteiger partial charge is 0.466 e. The Morgan fingerprint density at radius 3 is 2.83 bits per heavy atom. The number of piperidine rings is 1. The van der Waals surface area contributed by atoms with Crippen molar-refractivity contribution in [3.05, 3.63) is 66.5 Å². The maximum atomic E-state index is 14.6. The average Bonchev–Trinajstić information content (AvgIpc) is 3.19. The lowest BCUT2D eigenvalue weighted by Crippen LogP contribution is -2.55. The van der Waals surface area contributed by atoms with Crippen LogP contribution in [0.3, 0.4) is 0 Å². The van der Waals surface area contributed by atoms with Crippen molar-refractivity contribution < 1.29 is 18.3 Å². The molecule has 152 valence electrons. The van der Waals surface area contributed by atoms with Crippen LogP contribution >= 0.6 is 0 Å². The number of carbonyl (C=O) groups excluding carboxylic acids is 1. The Kier molecular flexibility index (Phi) is 4.34. The number of aromatic amines is 1. The number of pyridine rings is 2. The molecule has 1 N–H and O–H groups in total. The number of rotatable bonds is 3. The minimum atomic E-state index is -3.06. The van der Waals surface area contributed by atoms with Gasteiger partial charge in [0.2, 0.25) is 5.88 Å². The molecule has 0 aliphatic carbocycles. The molecule has 1 aromatic carbocycles. The number of hydrogen-bond acceptors (Lipinski definition) is 4. The van der Waals surface area contributed by atoms with E-state index in [0.717, 1.165) is 10.8 Å². The molecule has 0 bridgehead atoms. The molecule has 1 aliphatic heterocycles. The number of ether oxygens (including phenoxy) is 1. The zero-order chi connectivity index (χ0) is 20.7. The number of H-pyrrole nitrogens is 1. The molecule has 1 unspecified atom stereocenters. The van der Waals surface area contributed by atoms with Crippen molar-refractivity contribution in [1.82, 2.24) is 19.9 Å². The van der Waals surface area contributed by atoms with Crippen LogP contribution < -0.4 is 4.74 Å². The van der Waals surface area contributed by atoms with Gasteiger partial charge in [-0.25, -0.2) is 18.7 Å². The van der Waals surface area contributed by atoms with E-state index in [1.165, 1.54) is 4.90 Å². The van der Waals surface area contributed by atoms with E-state index in [2.05, 4.69) is 15.0 Å². The van der Waals surface area contributed by atoms with E-state index in [0.29, 0.717) is 16.9 Å². The fourth-order valence-electron chi connectivity index (χ4n) is 3.68. The van der Waals surface area contributed by atoms with Crippen LogP contribution in [0.25, 0.3) is 21.9 Å². The summed E-state index contributed by atoms with van der Waals surface area (Å²) in [5, 5.41) is 1.68. The molecule has 0 spiro atoms. The zero-order valence-electron chi connectivity index (χ0n) is 15.9. The van der Waals surface area contributed by atoms with Crippen molar-refractivity contribution in [3.8, 4) is 5.88 Å². The molecule has 1 aliphatic rings. The third-order valence-corrected chi connectivity index (χ3v) is 5.32. The number of fused-ring (bicyclic) bond motifs is 2. The maximum absolute atomic E-state index is 14.6. The summed E-state index contributed by atoms with van der Waals surface area (Å²) in [5.74, 6) is -3.31. The second kappa shape index (κ2) is 7.05. The summed E-state index contributed by atoms with van der Waals surface area (Å²) in [6, 6.07) is 16.0. The van der Waals surface area contributed by atoms with Gasteiger partial charge in [-0.1, -0.05) is 18.2 Å². The van der Waals surface area contributed by atoms with Crippen molar-refractivity contribution in [2.75, 3.05) is 13.1 Å². The molecule has 1 atom stereocenters. The third kappa shape index (κ3) is 3.34. The summed E-state index contributed by atoms with van der Waals surface area (Å²) in [4.78, 5) is 25.7. The standard InChI is InChI=1S/C22H18F2N4O2/c23-22(24)9-11-28(21(29)17-12-15-5-3-10-25-20(15)27-17)13-18(22)30-19-8-7-14-4-1-2-6-16(14)26-19/h1-8,10,12,18H,9,11,13H2,(H,25,27). The quantitative estimate of drug-likeness (QED) is 0.555. The lowest BCUT2D eigenvalue weighted by Gasteiger charge is -2.37. The highest BCUT2D eigenvalue weighted by Gasteiger charge is 2.47. The van der Waals surface area contributed by atoms with Crippen LogP contribution in [-0.2, 0) is 0 Å². The van der Waals surface area contributed by atoms with Gasteiger partial charge in [-0.2, -0.15) is 0 Å². The molecule has 1 fully saturated rings. The Morgan fingerprint density at radius 2 is 1.97 bits per heavy atom. The Labute approximate surface area is 170 Å². The van der Waals surface area contributed by atoms with Crippen LogP contribution in [0.15, 0.2) is 60.8 Å². The molecule has 5 rings (SSSR count). The summed E-state index contributed by atoms with van der Waals surface area (Å²) in [7, 11) is 0. The molecule has 6 nitrogen and oxygen atoms in total. The van der Waals surface area contributed by atoms with Crippen molar-refractivity contribution in [3.63, 3.8) is 0 Å². The van der Waals surface area contributed by atoms with E-state index >= 15 is 0 Å². The number of para-hydroxylation sites is 1. The minimum Gasteiger partial charge on any atom is -0.466 e. The maximum Gasteiger partial charge on any atom is 0.287 e. The molecule has 0 saturated carbocycles. The van der Waals surface area contributed by atoms with Gasteiger partial charge in [0.1, 0.15) is 11.3 Å². The summed E-state index contributed by atoms with van der Waals surface area (Å²) in [6.45, 7) is -0.289. The van der Waals surface area contributed by atoms with Gasteiger partial charge in [0, 0.05) is 36.0 Å². The number of alkyl halides is 2. The van der Waals surface area contributed by atoms with Crippen LogP contribution in [0.1, 0.15) is 16.9 Å². The monoisotopic (exact) mass is 408 g/mol. The van der Waals surface area contributed by atoms with Gasteiger partial charge in [-0.15, -0.1) is 0 Å². The number of halogens is 2. The number of nitrogens with zero attached hydrogens (tertiary/aromatic N) is 3. The van der Waals surface area contributed by atoms with Crippen molar-refractivity contribution in [2.45, 2.75) is 18.4 Å². The van der Waals surface area contributed by atoms with Crippen molar-refractivity contribution in [1.29, 1.82) is 0 Å². The van der Waals surface area contributed by atoms with Gasteiger partial charge in [-0.3, -0.25) is 4.79 Å². The van der Waals surface area contributed by atoms with Crippen LogP contribution in [0.4, 0.5) is 8.78 Å². The number of aromatic nitrogens is 3. The first-order valence-corrected chi connectivity index (χ1v) is 9.63. The average molecular weight is 408 g/mol. The summed E-state index contributed by atoms with van der Waals surface area (Å²) in [6.07, 6.45) is -0.337. The Morgan fingerprint density at radius 1 is 1.13 bits per heavy atom. The predicted molar refractivity (Wildman–Crippen MR) is 108 cm³/mol. The van der Waals surface area contributed by atoms with Gasteiger partial charge < -0.3 is 14.6 Å². The molecule has 1 amide bonds. The molecule has 8 heteroatoms. The number of likely N-dealkylation sites (tertiary alicyclic amines) is 1. The number of amides is 1. The highest BCUT2D eigenvalue weighted by atomic mass is 19.3. The fraction of sp³-hybridized carbons (Fsp3) is 0.227. The van der Waals surface area contributed by atoms with E-state index in [-0.39, 0.29) is 24.9 Å². The molecule has 0 radical (unpaired) electrons. The van der Waals surface area contributed by atoms with E-state index in [9.17, 15) is 13.6 Å². The van der Waals surface area contributed by atoms with Crippen LogP contribution in [0, 0.1) is 0 Å². The topological polar surface area (TPSA) is 71.1 Å². The molecular weight excluding hydrogens is 390 g/mol. The minimum absolute atomic E-state index is 0.0559. The Hall–Kier alpha value is -3.55. The van der Waals surface area contributed by atoms with E-state index < -0.39 is 18.4 Å². The molecule has 30 heavy (non-hydrogen) atoms. The number of hydrogen-bond donors (Lipinski definition) is 1. The normalized spacial score (nSPS) is 18.6. The predicted octanol–water partition coefficient (Wildman–Crippen LogP) is 4.04. The van der Waals surface area contributed by atoms with Gasteiger partial charge >= 0.3 is 0 Å². The number of carbonyl (C=O) groups is 1. The zero-order valence-corrected chi connectivity index (χ0v) is 15.9. The Balaban J connectivity index is 1.38. The first-order valence-electron chi connectivity index (χ1n) is 9.63. The molecule has 3 aromatic heterocycles. The van der Waals surface area contributed by atoms with E-state index in [4.69, 9.17) is 4.74 Å². The van der Waals surface area contributed by atoms with Crippen LogP contribution in [0.5, 0.6) is 5.88 Å². The van der Waals surface area contributed by atoms with Gasteiger partial charge in [0.05, 0.1) is 12.1 Å². The van der Waals surface area contributed by atoms with Crippen LogP contribution in [-0.4, -0.2) is 50.9 Å². The highest BCUT2D eigenvalue weighted by molar-refractivity contribution is 5.97. The van der Waals surface area contributed by atoms with Gasteiger partial charge in [0.25, 0.3) is 11.8 Å². The van der Waals surface area contributed by atoms with Crippen molar-refractivity contribution >= 4 is 27.8 Å². The Bertz CT molecular complexity index is 1210. The number of benzene rings is 1. The molecule has 1 saturated heterocycles. The summed E-state index contributed by atoms with van der Waals surface area (Å²) < 4.78 is 34.7. The smallest absolute Gasteiger partial charge is 0.287 e. The molecule has 4 heterocycles. The van der Waals surface area contributed by atoms with Crippen molar-refractivity contribution in [2.24, 2.45) is 0 Å². The summed E-state index contributed by atoms with van der Waals surface area (Å²) in [5.41, 5.74) is 1.56. The fourth-order valence-corrected chi connectivity index (χ4v) is 3.68.